The van der Waals surface area contributed by atoms with E-state index in [4.69, 9.17) is 4.74 Å². The van der Waals surface area contributed by atoms with Gasteiger partial charge in [0.2, 0.25) is 0 Å². The molecule has 1 N–H and O–H groups in total. The van der Waals surface area contributed by atoms with Gasteiger partial charge in [-0.1, -0.05) is 17.8 Å². The van der Waals surface area contributed by atoms with E-state index in [1.54, 1.807) is 24.8 Å². The zero-order chi connectivity index (χ0) is 11.5. The number of hydrogen-bond donors (Lipinski definition) is 1. The molecule has 0 bridgehead atoms. The lowest BCUT2D eigenvalue weighted by Gasteiger charge is -2.03. The summed E-state index contributed by atoms with van der Waals surface area (Å²) in [5.41, 5.74) is 1.64. The maximum Gasteiger partial charge on any atom is 0.338 e. The van der Waals surface area contributed by atoms with Crippen molar-refractivity contribution in [3.8, 4) is 0 Å². The lowest BCUT2D eigenvalue weighted by molar-refractivity contribution is 0.0526. The highest BCUT2D eigenvalue weighted by molar-refractivity contribution is 8.00. The SMILES string of the molecule is C=CC1Nc2ccc(C(=O)OCC)cc2S1. The Hall–Kier alpha value is -1.42. The Balaban J connectivity index is 2.22. The molecule has 1 heterocycles. The molecule has 0 amide bonds. The van der Waals surface area contributed by atoms with E-state index in [1.165, 1.54) is 0 Å². The maximum absolute atomic E-state index is 11.5. The number of fused-ring (bicyclic) bond motifs is 1. The van der Waals surface area contributed by atoms with E-state index in [9.17, 15) is 4.79 Å². The van der Waals surface area contributed by atoms with E-state index in [0.717, 1.165) is 10.6 Å². The highest BCUT2D eigenvalue weighted by Gasteiger charge is 2.20. The Bertz CT molecular complexity index is 431. The first kappa shape index (κ1) is 11.1. The molecule has 0 saturated carbocycles. The predicted molar refractivity (Wildman–Crippen MR) is 65.9 cm³/mol. The summed E-state index contributed by atoms with van der Waals surface area (Å²) in [4.78, 5) is 12.6. The molecule has 0 aliphatic carbocycles. The normalized spacial score (nSPS) is 17.4. The van der Waals surface area contributed by atoms with Gasteiger partial charge in [-0.15, -0.1) is 6.58 Å². The Morgan fingerprint density at radius 3 is 3.19 bits per heavy atom. The molecule has 84 valence electrons. The van der Waals surface area contributed by atoms with E-state index in [-0.39, 0.29) is 11.3 Å². The molecule has 1 unspecified atom stereocenters. The summed E-state index contributed by atoms with van der Waals surface area (Å²) in [6.45, 7) is 5.94. The summed E-state index contributed by atoms with van der Waals surface area (Å²) < 4.78 is 4.95. The molecule has 1 aromatic carbocycles. The highest BCUT2D eigenvalue weighted by atomic mass is 32.2. The number of benzene rings is 1. The van der Waals surface area contributed by atoms with Gasteiger partial charge < -0.3 is 10.1 Å². The fourth-order valence-electron chi connectivity index (χ4n) is 1.51. The number of nitrogens with one attached hydrogen (secondary N) is 1. The summed E-state index contributed by atoms with van der Waals surface area (Å²) >= 11 is 1.65. The summed E-state index contributed by atoms with van der Waals surface area (Å²) in [7, 11) is 0. The first-order valence-corrected chi connectivity index (χ1v) is 5.99. The molecule has 0 aromatic heterocycles. The molecule has 1 aliphatic heterocycles. The molecule has 3 nitrogen and oxygen atoms in total. The van der Waals surface area contributed by atoms with Crippen LogP contribution in [0.25, 0.3) is 0 Å². The van der Waals surface area contributed by atoms with E-state index < -0.39 is 0 Å². The van der Waals surface area contributed by atoms with Crippen molar-refractivity contribution in [2.45, 2.75) is 17.2 Å². The molecule has 1 aliphatic rings. The van der Waals surface area contributed by atoms with Crippen molar-refractivity contribution in [1.82, 2.24) is 0 Å². The summed E-state index contributed by atoms with van der Waals surface area (Å²) in [5, 5.41) is 3.46. The second-order valence-electron chi connectivity index (χ2n) is 3.35. The average Bonchev–Trinajstić information content (AvgIpc) is 2.70. The molecule has 4 heteroatoms. The van der Waals surface area contributed by atoms with Crippen LogP contribution in [0.3, 0.4) is 0 Å². The van der Waals surface area contributed by atoms with Crippen LogP contribution in [0.1, 0.15) is 17.3 Å². The number of rotatable bonds is 3. The lowest BCUT2D eigenvalue weighted by Crippen LogP contribution is -2.05. The summed E-state index contributed by atoms with van der Waals surface area (Å²) in [6, 6.07) is 5.53. The second-order valence-corrected chi connectivity index (χ2v) is 4.53. The van der Waals surface area contributed by atoms with Gasteiger partial charge in [-0.3, -0.25) is 0 Å². The third-order valence-electron chi connectivity index (χ3n) is 2.26. The number of anilines is 1. The van der Waals surface area contributed by atoms with Gasteiger partial charge in [0.25, 0.3) is 0 Å². The van der Waals surface area contributed by atoms with Gasteiger partial charge in [-0.2, -0.15) is 0 Å². The van der Waals surface area contributed by atoms with Crippen LogP contribution in [0, 0.1) is 0 Å². The Labute approximate surface area is 98.9 Å². The van der Waals surface area contributed by atoms with Gasteiger partial charge in [-0.05, 0) is 25.1 Å². The minimum atomic E-state index is -0.270. The first-order valence-electron chi connectivity index (χ1n) is 5.11. The van der Waals surface area contributed by atoms with E-state index >= 15 is 0 Å². The topological polar surface area (TPSA) is 38.3 Å². The van der Waals surface area contributed by atoms with Crippen molar-refractivity contribution in [1.29, 1.82) is 0 Å². The fraction of sp³-hybridized carbons (Fsp3) is 0.250. The van der Waals surface area contributed by atoms with Gasteiger partial charge in [0.05, 0.1) is 17.5 Å². The number of carbonyl (C=O) groups excluding carboxylic acids is 1. The van der Waals surface area contributed by atoms with E-state index in [2.05, 4.69) is 11.9 Å². The van der Waals surface area contributed by atoms with Crippen LogP contribution in [0.2, 0.25) is 0 Å². The van der Waals surface area contributed by atoms with Crippen molar-refractivity contribution in [2.75, 3.05) is 11.9 Å². The number of hydrogen-bond acceptors (Lipinski definition) is 4. The molecule has 1 atom stereocenters. The Kier molecular flexibility index (Phi) is 3.19. The minimum absolute atomic E-state index is 0.187. The first-order chi connectivity index (χ1) is 7.74. The lowest BCUT2D eigenvalue weighted by atomic mass is 10.2. The Morgan fingerprint density at radius 2 is 2.50 bits per heavy atom. The van der Waals surface area contributed by atoms with Crippen molar-refractivity contribution in [3.05, 3.63) is 36.4 Å². The van der Waals surface area contributed by atoms with E-state index in [1.807, 2.05) is 18.2 Å². The molecule has 0 radical (unpaired) electrons. The minimum Gasteiger partial charge on any atom is -0.462 e. The van der Waals surface area contributed by atoms with Crippen molar-refractivity contribution in [3.63, 3.8) is 0 Å². The largest absolute Gasteiger partial charge is 0.462 e. The zero-order valence-electron chi connectivity index (χ0n) is 9.03. The standard InChI is InChI=1S/C12H13NO2S/c1-3-11-13-9-6-5-8(7-10(9)16-11)12(14)15-4-2/h3,5-7,11,13H,1,4H2,2H3. The number of ether oxygens (including phenoxy) is 1. The van der Waals surface area contributed by atoms with Crippen LogP contribution < -0.4 is 5.32 Å². The quantitative estimate of drug-likeness (QED) is 0.646. The van der Waals surface area contributed by atoms with Crippen LogP contribution in [-0.4, -0.2) is 18.0 Å². The summed E-state index contributed by atoms with van der Waals surface area (Å²) in [6.07, 6.45) is 1.84. The van der Waals surface area contributed by atoms with Crippen LogP contribution in [0.5, 0.6) is 0 Å². The third-order valence-corrected chi connectivity index (χ3v) is 3.41. The summed E-state index contributed by atoms with van der Waals surface area (Å²) in [5.74, 6) is -0.270. The monoisotopic (exact) mass is 235 g/mol. The average molecular weight is 235 g/mol. The molecule has 0 saturated heterocycles. The molecule has 2 rings (SSSR count). The maximum atomic E-state index is 11.5. The molecular formula is C12H13NO2S. The number of thioether (sulfide) groups is 1. The molecule has 0 fully saturated rings. The molecular weight excluding hydrogens is 222 g/mol. The van der Waals surface area contributed by atoms with Crippen LogP contribution in [0.15, 0.2) is 35.7 Å². The molecule has 1 aromatic rings. The van der Waals surface area contributed by atoms with Crippen molar-refractivity contribution < 1.29 is 9.53 Å². The highest BCUT2D eigenvalue weighted by Crippen LogP contribution is 2.39. The second kappa shape index (κ2) is 4.61. The zero-order valence-corrected chi connectivity index (χ0v) is 9.84. The number of carbonyl (C=O) groups is 1. The van der Waals surface area contributed by atoms with Crippen LogP contribution >= 0.6 is 11.8 Å². The molecule has 16 heavy (non-hydrogen) atoms. The van der Waals surface area contributed by atoms with E-state index in [0.29, 0.717) is 12.2 Å². The predicted octanol–water partition coefficient (Wildman–Crippen LogP) is 2.89. The molecule has 0 spiro atoms. The van der Waals surface area contributed by atoms with Gasteiger partial charge in [0, 0.05) is 10.6 Å². The van der Waals surface area contributed by atoms with Crippen molar-refractivity contribution >= 4 is 23.4 Å². The van der Waals surface area contributed by atoms with Gasteiger partial charge in [-0.25, -0.2) is 4.79 Å². The van der Waals surface area contributed by atoms with Gasteiger partial charge in [0.15, 0.2) is 0 Å². The van der Waals surface area contributed by atoms with Gasteiger partial charge in [0.1, 0.15) is 0 Å². The fourth-order valence-corrected chi connectivity index (χ4v) is 2.51. The van der Waals surface area contributed by atoms with Crippen LogP contribution in [-0.2, 0) is 4.74 Å². The third kappa shape index (κ3) is 2.07. The van der Waals surface area contributed by atoms with Crippen molar-refractivity contribution in [2.24, 2.45) is 0 Å². The van der Waals surface area contributed by atoms with Crippen LogP contribution in [0.4, 0.5) is 5.69 Å². The van der Waals surface area contributed by atoms with Gasteiger partial charge >= 0.3 is 5.97 Å². The smallest absolute Gasteiger partial charge is 0.338 e. The Morgan fingerprint density at radius 1 is 1.69 bits per heavy atom. The number of esters is 1.